The first-order valence-electron chi connectivity index (χ1n) is 11.5. The van der Waals surface area contributed by atoms with Gasteiger partial charge in [-0.1, -0.05) is 105 Å². The molecule has 0 spiro atoms. The summed E-state index contributed by atoms with van der Waals surface area (Å²) in [7, 11) is 0. The van der Waals surface area contributed by atoms with Gasteiger partial charge in [-0.15, -0.1) is 0 Å². The molecule has 0 fully saturated rings. The number of esters is 1. The predicted molar refractivity (Wildman–Crippen MR) is 115 cm³/mol. The maximum atomic E-state index is 11.8. The number of unbranched alkanes of at least 4 members (excludes halogenated alkanes) is 11. The summed E-state index contributed by atoms with van der Waals surface area (Å²) in [6.07, 6.45) is 18.7. The van der Waals surface area contributed by atoms with Crippen molar-refractivity contribution in [2.75, 3.05) is 6.61 Å². The number of carbonyl (C=O) groups is 1. The van der Waals surface area contributed by atoms with Crippen LogP contribution in [0.5, 0.6) is 0 Å². The van der Waals surface area contributed by atoms with E-state index in [1.807, 2.05) is 0 Å². The largest absolute Gasteiger partial charge is 0.466 e. The molecule has 0 radical (unpaired) electrons. The molecule has 2 nitrogen and oxygen atoms in total. The van der Waals surface area contributed by atoms with Crippen molar-refractivity contribution >= 4 is 5.97 Å². The Kier molecular flexibility index (Phi) is 16.3. The van der Waals surface area contributed by atoms with Crippen LogP contribution in [-0.4, -0.2) is 12.6 Å². The number of hydrogen-bond acceptors (Lipinski definition) is 2. The van der Waals surface area contributed by atoms with E-state index in [2.05, 4.69) is 34.6 Å². The summed E-state index contributed by atoms with van der Waals surface area (Å²) < 4.78 is 5.39. The van der Waals surface area contributed by atoms with E-state index in [0.29, 0.717) is 24.4 Å². The minimum atomic E-state index is 0.0000351. The van der Waals surface area contributed by atoms with Crippen LogP contribution in [0.1, 0.15) is 131 Å². The molecule has 0 saturated heterocycles. The van der Waals surface area contributed by atoms with Crippen LogP contribution in [0, 0.1) is 11.3 Å². The van der Waals surface area contributed by atoms with Crippen LogP contribution in [0.2, 0.25) is 0 Å². The summed E-state index contributed by atoms with van der Waals surface area (Å²) in [5, 5.41) is 0. The predicted octanol–water partition coefficient (Wildman–Crippen LogP) is 8.08. The number of rotatable bonds is 17. The van der Waals surface area contributed by atoms with E-state index in [1.54, 1.807) is 0 Å². The first kappa shape index (κ1) is 25.5. The molecule has 0 rings (SSSR count). The van der Waals surface area contributed by atoms with Gasteiger partial charge in [0.1, 0.15) is 0 Å². The van der Waals surface area contributed by atoms with E-state index in [1.165, 1.54) is 77.0 Å². The van der Waals surface area contributed by atoms with Gasteiger partial charge in [-0.2, -0.15) is 0 Å². The molecule has 0 aromatic rings. The zero-order valence-corrected chi connectivity index (χ0v) is 18.7. The lowest BCUT2D eigenvalue weighted by molar-refractivity contribution is -0.144. The molecule has 0 heterocycles. The fourth-order valence-corrected chi connectivity index (χ4v) is 3.70. The third kappa shape index (κ3) is 19.8. The Morgan fingerprint density at radius 2 is 1.27 bits per heavy atom. The zero-order valence-electron chi connectivity index (χ0n) is 18.7. The van der Waals surface area contributed by atoms with Gasteiger partial charge >= 0.3 is 5.97 Å². The van der Waals surface area contributed by atoms with Gasteiger partial charge in [0.05, 0.1) is 6.61 Å². The van der Waals surface area contributed by atoms with Crippen molar-refractivity contribution in [1.29, 1.82) is 0 Å². The van der Waals surface area contributed by atoms with Gasteiger partial charge in [-0.3, -0.25) is 4.79 Å². The minimum absolute atomic E-state index is 0.0000351. The highest BCUT2D eigenvalue weighted by Gasteiger charge is 2.15. The maximum absolute atomic E-state index is 11.8. The Balaban J connectivity index is 3.31. The van der Waals surface area contributed by atoms with Crippen LogP contribution >= 0.6 is 0 Å². The molecule has 0 aliphatic heterocycles. The molecule has 26 heavy (non-hydrogen) atoms. The van der Waals surface area contributed by atoms with Crippen LogP contribution in [0.25, 0.3) is 0 Å². The molecule has 156 valence electrons. The molecule has 2 heteroatoms. The first-order valence-corrected chi connectivity index (χ1v) is 11.5. The Morgan fingerprint density at radius 3 is 1.73 bits per heavy atom. The number of ether oxygens (including phenoxy) is 1. The van der Waals surface area contributed by atoms with E-state index >= 15 is 0 Å². The molecule has 0 amide bonds. The van der Waals surface area contributed by atoms with Crippen molar-refractivity contribution in [2.45, 2.75) is 131 Å². The highest BCUT2D eigenvalue weighted by atomic mass is 16.5. The van der Waals surface area contributed by atoms with Gasteiger partial charge in [-0.25, -0.2) is 0 Å². The normalized spacial score (nSPS) is 13.0. The van der Waals surface area contributed by atoms with Gasteiger partial charge < -0.3 is 4.74 Å². The third-order valence-corrected chi connectivity index (χ3v) is 5.07. The standard InChI is InChI=1S/C24H48O2/c1-6-7-8-9-10-11-12-13-14-15-16-17-18-23(25)26-20-19-22(2)21-24(3,4)5/h22H,6-21H2,1-5H3. The second-order valence-corrected chi connectivity index (χ2v) is 9.52. The maximum Gasteiger partial charge on any atom is 0.305 e. The second-order valence-electron chi connectivity index (χ2n) is 9.52. The Bertz CT molecular complexity index is 317. The molecule has 1 unspecified atom stereocenters. The van der Waals surface area contributed by atoms with Gasteiger partial charge in [0, 0.05) is 6.42 Å². The van der Waals surface area contributed by atoms with Crippen LogP contribution < -0.4 is 0 Å². The van der Waals surface area contributed by atoms with Gasteiger partial charge in [0.25, 0.3) is 0 Å². The van der Waals surface area contributed by atoms with E-state index < -0.39 is 0 Å². The Hall–Kier alpha value is -0.530. The second kappa shape index (κ2) is 16.6. The molecule has 0 aliphatic rings. The average molecular weight is 369 g/mol. The molecule has 0 aromatic carbocycles. The highest BCUT2D eigenvalue weighted by Crippen LogP contribution is 2.25. The number of hydrogen-bond donors (Lipinski definition) is 0. The molecule has 0 N–H and O–H groups in total. The van der Waals surface area contributed by atoms with Crippen LogP contribution in [0.15, 0.2) is 0 Å². The SMILES string of the molecule is CCCCCCCCCCCCCCC(=O)OCCC(C)CC(C)(C)C. The Morgan fingerprint density at radius 1 is 0.808 bits per heavy atom. The fraction of sp³-hybridized carbons (Fsp3) is 0.958. The first-order chi connectivity index (χ1) is 12.3. The summed E-state index contributed by atoms with van der Waals surface area (Å²) in [5.41, 5.74) is 0.360. The molecular weight excluding hydrogens is 320 g/mol. The van der Waals surface area contributed by atoms with Crippen molar-refractivity contribution in [3.63, 3.8) is 0 Å². The highest BCUT2D eigenvalue weighted by molar-refractivity contribution is 5.69. The molecule has 0 aromatic heterocycles. The third-order valence-electron chi connectivity index (χ3n) is 5.07. The molecular formula is C24H48O2. The van der Waals surface area contributed by atoms with E-state index in [-0.39, 0.29) is 5.97 Å². The lowest BCUT2D eigenvalue weighted by Crippen LogP contribution is -2.14. The average Bonchev–Trinajstić information content (AvgIpc) is 2.54. The fourth-order valence-electron chi connectivity index (χ4n) is 3.70. The summed E-state index contributed by atoms with van der Waals surface area (Å²) >= 11 is 0. The zero-order chi connectivity index (χ0) is 19.7. The van der Waals surface area contributed by atoms with Gasteiger partial charge in [0.15, 0.2) is 0 Å². The Labute approximate surface area is 164 Å². The molecule has 0 bridgehead atoms. The summed E-state index contributed by atoms with van der Waals surface area (Å²) in [6, 6.07) is 0. The van der Waals surface area contributed by atoms with E-state index in [9.17, 15) is 4.79 Å². The number of carbonyl (C=O) groups excluding carboxylic acids is 1. The van der Waals surface area contributed by atoms with Crippen LogP contribution in [0.4, 0.5) is 0 Å². The van der Waals surface area contributed by atoms with Gasteiger partial charge in [-0.05, 0) is 30.6 Å². The van der Waals surface area contributed by atoms with E-state index in [4.69, 9.17) is 4.74 Å². The molecule has 0 saturated carbocycles. The van der Waals surface area contributed by atoms with Crippen molar-refractivity contribution in [1.82, 2.24) is 0 Å². The van der Waals surface area contributed by atoms with Crippen LogP contribution in [-0.2, 0) is 9.53 Å². The molecule has 1 atom stereocenters. The van der Waals surface area contributed by atoms with Crippen molar-refractivity contribution in [2.24, 2.45) is 11.3 Å². The molecule has 0 aliphatic carbocycles. The van der Waals surface area contributed by atoms with Crippen molar-refractivity contribution in [3.8, 4) is 0 Å². The smallest absolute Gasteiger partial charge is 0.305 e. The summed E-state index contributed by atoms with van der Waals surface area (Å²) in [4.78, 5) is 11.8. The quantitative estimate of drug-likeness (QED) is 0.191. The lowest BCUT2D eigenvalue weighted by atomic mass is 9.84. The monoisotopic (exact) mass is 368 g/mol. The van der Waals surface area contributed by atoms with E-state index in [0.717, 1.165) is 12.8 Å². The minimum Gasteiger partial charge on any atom is -0.466 e. The van der Waals surface area contributed by atoms with Crippen molar-refractivity contribution in [3.05, 3.63) is 0 Å². The summed E-state index contributed by atoms with van der Waals surface area (Å²) in [6.45, 7) is 11.9. The van der Waals surface area contributed by atoms with Gasteiger partial charge in [0.2, 0.25) is 0 Å². The summed E-state index contributed by atoms with van der Waals surface area (Å²) in [5.74, 6) is 0.620. The van der Waals surface area contributed by atoms with Crippen molar-refractivity contribution < 1.29 is 9.53 Å². The lowest BCUT2D eigenvalue weighted by Gasteiger charge is -2.22. The topological polar surface area (TPSA) is 26.3 Å². The van der Waals surface area contributed by atoms with Crippen LogP contribution in [0.3, 0.4) is 0 Å².